The Morgan fingerprint density at radius 2 is 0.867 bits per heavy atom. The van der Waals surface area contributed by atoms with Crippen LogP contribution in [0.5, 0.6) is 5.88 Å². The number of rotatable bonds is 57. The number of unbranched alkanes of at least 4 members (excludes halogenated alkanes) is 34. The Bertz CT molecular complexity index is 1780. The second-order valence-corrected chi connectivity index (χ2v) is 25.1. The second kappa shape index (κ2) is 51.6. The average molecular weight is 1190 g/mol. The van der Waals surface area contributed by atoms with E-state index in [0.717, 1.165) is 132 Å². The first-order valence-electron chi connectivity index (χ1n) is 34.2. The number of aromatic nitrogens is 2. The van der Waals surface area contributed by atoms with Crippen molar-refractivity contribution in [2.45, 2.75) is 329 Å². The van der Waals surface area contributed by atoms with Crippen LogP contribution in [0.3, 0.4) is 0 Å². The van der Waals surface area contributed by atoms with E-state index >= 15 is 0 Å². The molecule has 0 radical (unpaired) electrons. The van der Waals surface area contributed by atoms with E-state index in [-0.39, 0.29) is 74.5 Å². The maximum Gasteiger partial charge on any atom is 0.310 e. The number of quaternary nitrogens is 1. The molecule has 15 heteroatoms. The van der Waals surface area contributed by atoms with Crippen LogP contribution in [0.25, 0.3) is 5.57 Å². The molecule has 83 heavy (non-hydrogen) atoms. The number of likely N-dealkylation sites (N-methyl/N-ethyl adjacent to an activating group) is 1. The lowest BCUT2D eigenvalue weighted by Crippen LogP contribution is -2.55. The van der Waals surface area contributed by atoms with Crippen molar-refractivity contribution in [2.75, 3.05) is 46.6 Å². The predicted molar refractivity (Wildman–Crippen MR) is 337 cm³/mol. The van der Waals surface area contributed by atoms with Crippen LogP contribution in [0.15, 0.2) is 6.08 Å². The lowest BCUT2D eigenvalue weighted by atomic mass is 10.0. The summed E-state index contributed by atoms with van der Waals surface area (Å²) < 4.78 is 43.9. The molecule has 0 N–H and O–H groups in total. The summed E-state index contributed by atoms with van der Waals surface area (Å²) in [6.45, 7) is 12.8. The fourth-order valence-corrected chi connectivity index (χ4v) is 11.4. The molecule has 0 saturated heterocycles. The van der Waals surface area contributed by atoms with E-state index in [9.17, 15) is 24.0 Å². The molecule has 3 atom stereocenters. The van der Waals surface area contributed by atoms with Crippen LogP contribution in [0, 0.1) is 5.92 Å². The molecule has 0 amide bonds. The lowest BCUT2D eigenvalue weighted by molar-refractivity contribution is -0.944. The van der Waals surface area contributed by atoms with Gasteiger partial charge in [0.15, 0.2) is 6.10 Å². The van der Waals surface area contributed by atoms with Crippen LogP contribution in [-0.4, -0.2) is 102 Å². The van der Waals surface area contributed by atoms with Gasteiger partial charge in [0.25, 0.3) is 5.88 Å². The molecule has 0 fully saturated rings. The molecular weight excluding hydrogens is 1070 g/mol. The molecule has 1 aliphatic rings. The highest BCUT2D eigenvalue weighted by Crippen LogP contribution is 2.32. The number of ether oxygens (including phenoxy) is 6. The van der Waals surface area contributed by atoms with Crippen LogP contribution >= 0.6 is 11.7 Å². The maximum atomic E-state index is 13.1. The van der Waals surface area contributed by atoms with Gasteiger partial charge in [0.1, 0.15) is 25.5 Å². The predicted octanol–water partition coefficient (Wildman–Crippen LogP) is 18.1. The van der Waals surface area contributed by atoms with Gasteiger partial charge in [-0.15, -0.1) is 4.37 Å². The summed E-state index contributed by atoms with van der Waals surface area (Å²) in [6, 6.07) is 0. The Morgan fingerprint density at radius 3 is 1.34 bits per heavy atom. The molecule has 480 valence electrons. The number of nitrogens with zero attached hydrogens (tertiary/aromatic N) is 3. The summed E-state index contributed by atoms with van der Waals surface area (Å²) >= 11 is 1.16. The third-order valence-electron chi connectivity index (χ3n) is 16.4. The van der Waals surface area contributed by atoms with Gasteiger partial charge < -0.3 is 28.4 Å². The van der Waals surface area contributed by atoms with Gasteiger partial charge in [-0.1, -0.05) is 246 Å². The highest BCUT2D eigenvalue weighted by Gasteiger charge is 2.37. The molecule has 1 aromatic rings. The van der Waals surface area contributed by atoms with Crippen molar-refractivity contribution in [2.24, 2.45) is 5.92 Å². The normalized spacial score (nSPS) is 15.0. The van der Waals surface area contributed by atoms with Gasteiger partial charge >= 0.3 is 29.8 Å². The summed E-state index contributed by atoms with van der Waals surface area (Å²) in [5.74, 6) is -1.22. The quantitative estimate of drug-likeness (QED) is 0.0262. The Morgan fingerprint density at radius 1 is 0.470 bits per heavy atom. The fraction of sp³-hybridized carbons (Fsp3) is 0.868. The standard InChI is InChI=1S/C68H122N3O11S/c1-7-10-13-16-18-20-22-24-26-28-32-36-40-47-62(72)79-56-61(57-80-63(73)48-41-37-33-29-27-25-23-21-19-17-14-11-8-2)82-64(74)49-42-38-34-30-31-35-39-44-51-77-65(75)53-58(4)54-66(76)81-59(5)71(6)50-45-46-60(55-71)67-68(70-83-69-67)78-52-43-15-12-9-3/h46,58-59,61H,7-45,47-57H2,1-6H3/q+1/t58?,59-,71?/m1/s1. The minimum Gasteiger partial charge on any atom is -0.475 e. The molecular formula is C68H122N3O11S+. The fourth-order valence-electron chi connectivity index (χ4n) is 10.9. The molecule has 0 bridgehead atoms. The molecule has 2 unspecified atom stereocenters. The van der Waals surface area contributed by atoms with Gasteiger partial charge in [0, 0.05) is 51.0 Å². The van der Waals surface area contributed by atoms with E-state index < -0.39 is 6.10 Å². The van der Waals surface area contributed by atoms with Crippen LogP contribution in [0.4, 0.5) is 0 Å². The Labute approximate surface area is 510 Å². The van der Waals surface area contributed by atoms with E-state index in [1.807, 2.05) is 13.8 Å². The second-order valence-electron chi connectivity index (χ2n) is 24.6. The van der Waals surface area contributed by atoms with Gasteiger partial charge in [-0.05, 0) is 38.0 Å². The van der Waals surface area contributed by atoms with Crippen molar-refractivity contribution >= 4 is 47.1 Å². The highest BCUT2D eigenvalue weighted by molar-refractivity contribution is 6.99. The molecule has 2 rings (SSSR count). The molecule has 0 aliphatic carbocycles. The Kier molecular flexibility index (Phi) is 47.0. The highest BCUT2D eigenvalue weighted by atomic mass is 32.1. The van der Waals surface area contributed by atoms with Gasteiger partial charge in [-0.2, -0.15) is 4.37 Å². The summed E-state index contributed by atoms with van der Waals surface area (Å²) in [5.41, 5.74) is 1.85. The number of esters is 5. The maximum absolute atomic E-state index is 13.1. The van der Waals surface area contributed by atoms with Crippen molar-refractivity contribution in [1.29, 1.82) is 0 Å². The molecule has 2 heterocycles. The van der Waals surface area contributed by atoms with Crippen LogP contribution in [0.1, 0.15) is 323 Å². The van der Waals surface area contributed by atoms with Crippen molar-refractivity contribution in [3.05, 3.63) is 11.8 Å². The zero-order chi connectivity index (χ0) is 60.3. The van der Waals surface area contributed by atoms with Gasteiger partial charge in [-0.25, -0.2) is 0 Å². The van der Waals surface area contributed by atoms with E-state index in [1.165, 1.54) is 141 Å². The van der Waals surface area contributed by atoms with Crippen molar-refractivity contribution < 1.29 is 56.9 Å². The average Bonchev–Trinajstić information content (AvgIpc) is 4.06. The molecule has 0 saturated carbocycles. The first-order valence-corrected chi connectivity index (χ1v) is 35.0. The van der Waals surface area contributed by atoms with Gasteiger partial charge in [-0.3, -0.25) is 28.5 Å². The Balaban J connectivity index is 1.61. The largest absolute Gasteiger partial charge is 0.475 e. The SMILES string of the molecule is CCCCCCCCCCCCCCCC(=O)OCC(COC(=O)CCCCCCCCCCCCCCC)OC(=O)CCCCCCCCCCOC(=O)CC(C)CC(=O)O[C@H](C)[N+]1(C)CCC=C(c2nsnc2OCCCCCC)C1. The summed E-state index contributed by atoms with van der Waals surface area (Å²) in [7, 11) is 2.10. The summed E-state index contributed by atoms with van der Waals surface area (Å²) in [4.78, 5) is 64.1. The number of carbonyl (C=O) groups excluding carboxylic acids is 5. The van der Waals surface area contributed by atoms with E-state index in [4.69, 9.17) is 28.4 Å². The third kappa shape index (κ3) is 41.2. The van der Waals surface area contributed by atoms with Crippen LogP contribution in [0.2, 0.25) is 0 Å². The van der Waals surface area contributed by atoms with Crippen molar-refractivity contribution in [3.8, 4) is 5.88 Å². The molecule has 14 nitrogen and oxygen atoms in total. The Hall–Kier alpha value is -3.59. The number of hydrogen-bond acceptors (Lipinski definition) is 14. The van der Waals surface area contributed by atoms with Crippen LogP contribution in [-0.2, 0) is 47.7 Å². The zero-order valence-corrected chi connectivity index (χ0v) is 54.7. The van der Waals surface area contributed by atoms with E-state index in [0.29, 0.717) is 49.4 Å². The number of hydrogen-bond donors (Lipinski definition) is 0. The first kappa shape index (κ1) is 75.5. The smallest absolute Gasteiger partial charge is 0.310 e. The van der Waals surface area contributed by atoms with Gasteiger partial charge in [0.05, 0.1) is 38.5 Å². The monoisotopic (exact) mass is 1190 g/mol. The first-order chi connectivity index (χ1) is 40.4. The summed E-state index contributed by atoms with van der Waals surface area (Å²) in [5, 5.41) is 0. The summed E-state index contributed by atoms with van der Waals surface area (Å²) in [6.07, 6.45) is 47.0. The van der Waals surface area contributed by atoms with E-state index in [1.54, 1.807) is 0 Å². The molecule has 1 aliphatic heterocycles. The van der Waals surface area contributed by atoms with Crippen molar-refractivity contribution in [3.63, 3.8) is 0 Å². The third-order valence-corrected chi connectivity index (χ3v) is 16.9. The lowest BCUT2D eigenvalue weighted by Gasteiger charge is -2.41. The number of carbonyl (C=O) groups is 5. The molecule has 1 aromatic heterocycles. The van der Waals surface area contributed by atoms with Crippen molar-refractivity contribution in [1.82, 2.24) is 8.75 Å². The molecule has 0 aromatic carbocycles. The zero-order valence-electron chi connectivity index (χ0n) is 53.9. The minimum absolute atomic E-state index is 0.118. The van der Waals surface area contributed by atoms with Crippen LogP contribution < -0.4 is 4.74 Å². The topological polar surface area (TPSA) is 167 Å². The van der Waals surface area contributed by atoms with Gasteiger partial charge in [0.2, 0.25) is 6.23 Å². The van der Waals surface area contributed by atoms with E-state index in [2.05, 4.69) is 42.6 Å². The molecule has 0 spiro atoms. The minimum atomic E-state index is -0.829.